The van der Waals surface area contributed by atoms with E-state index >= 15 is 0 Å². The van der Waals surface area contributed by atoms with Gasteiger partial charge >= 0.3 is 6.18 Å². The summed E-state index contributed by atoms with van der Waals surface area (Å²) < 4.78 is 50.5. The number of ether oxygens (including phenoxy) is 2. The lowest BCUT2D eigenvalue weighted by atomic mass is 10.1. The van der Waals surface area contributed by atoms with Gasteiger partial charge in [0.15, 0.2) is 11.5 Å². The first-order valence-corrected chi connectivity index (χ1v) is 10.4. The number of nitro groups is 1. The fourth-order valence-electron chi connectivity index (χ4n) is 3.72. The summed E-state index contributed by atoms with van der Waals surface area (Å²) in [7, 11) is 1.30. The molecule has 0 aromatic heterocycles. The fourth-order valence-corrected chi connectivity index (χ4v) is 3.72. The van der Waals surface area contributed by atoms with Crippen molar-refractivity contribution in [3.8, 4) is 11.5 Å². The van der Waals surface area contributed by atoms with Crippen LogP contribution in [0.3, 0.4) is 0 Å². The van der Waals surface area contributed by atoms with Gasteiger partial charge in [0.25, 0.3) is 11.6 Å². The molecule has 1 heterocycles. The Balaban J connectivity index is 2.05. The molecule has 11 heteroatoms. The van der Waals surface area contributed by atoms with Crippen molar-refractivity contribution in [3.63, 3.8) is 0 Å². The number of carbonyl (C=O) groups excluding carboxylic acids is 1. The lowest BCUT2D eigenvalue weighted by molar-refractivity contribution is -0.385. The molecule has 0 saturated carbocycles. The van der Waals surface area contributed by atoms with Gasteiger partial charge in [-0.25, -0.2) is 0 Å². The Bertz CT molecular complexity index is 1040. The van der Waals surface area contributed by atoms with Crippen LogP contribution in [0, 0.1) is 10.1 Å². The molecule has 2 aromatic carbocycles. The van der Waals surface area contributed by atoms with Gasteiger partial charge in [0.05, 0.1) is 41.6 Å². The van der Waals surface area contributed by atoms with Gasteiger partial charge in [-0.15, -0.1) is 0 Å². The normalized spacial score (nSPS) is 14.0. The summed E-state index contributed by atoms with van der Waals surface area (Å²) >= 11 is 0. The van der Waals surface area contributed by atoms with Crippen LogP contribution in [0.15, 0.2) is 30.3 Å². The van der Waals surface area contributed by atoms with Crippen LogP contribution >= 0.6 is 0 Å². The third-order valence-corrected chi connectivity index (χ3v) is 5.29. The zero-order valence-electron chi connectivity index (χ0n) is 18.2. The van der Waals surface area contributed by atoms with E-state index in [-0.39, 0.29) is 29.4 Å². The van der Waals surface area contributed by atoms with Crippen LogP contribution < -0.4 is 19.7 Å². The van der Waals surface area contributed by atoms with Crippen molar-refractivity contribution in [1.29, 1.82) is 0 Å². The van der Waals surface area contributed by atoms with Crippen molar-refractivity contribution in [2.24, 2.45) is 0 Å². The van der Waals surface area contributed by atoms with Gasteiger partial charge in [-0.05, 0) is 44.4 Å². The molecule has 0 atom stereocenters. The van der Waals surface area contributed by atoms with Gasteiger partial charge in [-0.1, -0.05) is 0 Å². The van der Waals surface area contributed by atoms with Crippen LogP contribution in [0.2, 0.25) is 0 Å². The second-order valence-electron chi connectivity index (χ2n) is 7.44. The van der Waals surface area contributed by atoms with Crippen LogP contribution in [0.1, 0.15) is 42.1 Å². The number of piperidine rings is 1. The van der Waals surface area contributed by atoms with E-state index in [0.717, 1.165) is 43.5 Å². The number of halogens is 3. The Morgan fingerprint density at radius 1 is 1.15 bits per heavy atom. The van der Waals surface area contributed by atoms with Crippen LogP contribution in [0.4, 0.5) is 30.2 Å². The maximum Gasteiger partial charge on any atom is 0.416 e. The molecule has 1 amide bonds. The number of carbonyl (C=O) groups is 1. The maximum atomic E-state index is 13.3. The zero-order chi connectivity index (χ0) is 24.2. The first-order chi connectivity index (χ1) is 15.7. The van der Waals surface area contributed by atoms with E-state index in [1.54, 1.807) is 6.92 Å². The van der Waals surface area contributed by atoms with E-state index in [9.17, 15) is 28.1 Å². The summed E-state index contributed by atoms with van der Waals surface area (Å²) in [6, 6.07) is 5.34. The second-order valence-corrected chi connectivity index (χ2v) is 7.44. The smallest absolute Gasteiger partial charge is 0.416 e. The number of nitrogens with one attached hydrogen (secondary N) is 1. The Hall–Kier alpha value is -3.50. The number of nitrogens with zero attached hydrogens (tertiary/aromatic N) is 2. The van der Waals surface area contributed by atoms with E-state index in [1.165, 1.54) is 13.2 Å². The highest BCUT2D eigenvalue weighted by Gasteiger charge is 2.32. The predicted molar refractivity (Wildman–Crippen MR) is 116 cm³/mol. The number of hydrogen-bond donors (Lipinski definition) is 1. The average Bonchev–Trinajstić information content (AvgIpc) is 2.78. The summed E-state index contributed by atoms with van der Waals surface area (Å²) in [6.07, 6.45) is -1.86. The van der Waals surface area contributed by atoms with Crippen molar-refractivity contribution < 1.29 is 32.4 Å². The SMILES string of the molecule is CCOc1cc(C(=O)Nc2cc(C(F)(F)F)ccc2N2CCCCC2)c([N+](=O)[O-])cc1OC. The van der Waals surface area contributed by atoms with Crippen LogP contribution in [-0.2, 0) is 6.18 Å². The standard InChI is InChI=1S/C22H24F3N3O5/c1-3-33-20-12-15(18(28(30)31)13-19(20)32-2)21(29)26-16-11-14(22(23,24)25)7-8-17(16)27-9-5-4-6-10-27/h7-8,11-13H,3-6,9-10H2,1-2H3,(H,26,29). The largest absolute Gasteiger partial charge is 0.493 e. The Morgan fingerprint density at radius 3 is 2.42 bits per heavy atom. The van der Waals surface area contributed by atoms with Gasteiger partial charge in [0.1, 0.15) is 5.56 Å². The third kappa shape index (κ3) is 5.47. The van der Waals surface area contributed by atoms with Crippen molar-refractivity contribution >= 4 is 23.0 Å². The Labute approximate surface area is 188 Å². The monoisotopic (exact) mass is 467 g/mol. The van der Waals surface area contributed by atoms with E-state index in [0.29, 0.717) is 18.8 Å². The van der Waals surface area contributed by atoms with Gasteiger partial charge in [-0.3, -0.25) is 14.9 Å². The molecule has 8 nitrogen and oxygen atoms in total. The molecule has 33 heavy (non-hydrogen) atoms. The summed E-state index contributed by atoms with van der Waals surface area (Å²) in [6.45, 7) is 3.16. The number of alkyl halides is 3. The molecule has 0 unspecified atom stereocenters. The molecule has 178 valence electrons. The van der Waals surface area contributed by atoms with Gasteiger partial charge in [0.2, 0.25) is 0 Å². The zero-order valence-corrected chi connectivity index (χ0v) is 18.2. The highest BCUT2D eigenvalue weighted by Crippen LogP contribution is 2.38. The number of anilines is 2. The molecule has 1 aliphatic rings. The van der Waals surface area contributed by atoms with Crippen molar-refractivity contribution in [2.45, 2.75) is 32.4 Å². The first kappa shape index (κ1) is 24.1. The molecule has 0 bridgehead atoms. The molecule has 3 rings (SSSR count). The summed E-state index contributed by atoms with van der Waals surface area (Å²) in [4.78, 5) is 25.8. The number of benzene rings is 2. The molecule has 0 radical (unpaired) electrons. The molecule has 1 saturated heterocycles. The van der Waals surface area contributed by atoms with Crippen LogP contribution in [0.5, 0.6) is 11.5 Å². The molecular formula is C22H24F3N3O5. The minimum absolute atomic E-state index is 0.0631. The highest BCUT2D eigenvalue weighted by molar-refractivity contribution is 6.09. The highest BCUT2D eigenvalue weighted by atomic mass is 19.4. The predicted octanol–water partition coefficient (Wildman–Crippen LogP) is 5.26. The molecule has 1 N–H and O–H groups in total. The maximum absolute atomic E-state index is 13.3. The minimum Gasteiger partial charge on any atom is -0.493 e. The second kappa shape index (κ2) is 9.97. The number of amides is 1. The Kier molecular flexibility index (Phi) is 7.29. The Morgan fingerprint density at radius 2 is 1.85 bits per heavy atom. The third-order valence-electron chi connectivity index (χ3n) is 5.29. The van der Waals surface area contributed by atoms with Gasteiger partial charge < -0.3 is 19.7 Å². The van der Waals surface area contributed by atoms with E-state index in [1.807, 2.05) is 4.90 Å². The molecule has 1 aliphatic heterocycles. The van der Waals surface area contributed by atoms with Crippen LogP contribution in [-0.4, -0.2) is 37.6 Å². The summed E-state index contributed by atoms with van der Waals surface area (Å²) in [5, 5.41) is 14.0. The van der Waals surface area contributed by atoms with Crippen molar-refractivity contribution in [2.75, 3.05) is 37.0 Å². The van der Waals surface area contributed by atoms with Crippen molar-refractivity contribution in [1.82, 2.24) is 0 Å². The fraction of sp³-hybridized carbons (Fsp3) is 0.409. The molecule has 2 aromatic rings. The molecule has 0 spiro atoms. The van der Waals surface area contributed by atoms with Crippen LogP contribution in [0.25, 0.3) is 0 Å². The number of nitro benzene ring substituents is 1. The summed E-state index contributed by atoms with van der Waals surface area (Å²) in [5.41, 5.74) is -1.49. The number of methoxy groups -OCH3 is 1. The van der Waals surface area contributed by atoms with E-state index in [4.69, 9.17) is 9.47 Å². The number of rotatable bonds is 7. The lowest BCUT2D eigenvalue weighted by Gasteiger charge is -2.31. The lowest BCUT2D eigenvalue weighted by Crippen LogP contribution is -2.30. The van der Waals surface area contributed by atoms with Crippen molar-refractivity contribution in [3.05, 3.63) is 51.6 Å². The molecular weight excluding hydrogens is 443 g/mol. The quantitative estimate of drug-likeness (QED) is 0.441. The minimum atomic E-state index is -4.62. The molecule has 0 aliphatic carbocycles. The number of hydrogen-bond acceptors (Lipinski definition) is 6. The average molecular weight is 467 g/mol. The topological polar surface area (TPSA) is 93.9 Å². The van der Waals surface area contributed by atoms with E-state index in [2.05, 4.69) is 5.32 Å². The first-order valence-electron chi connectivity index (χ1n) is 10.4. The van der Waals surface area contributed by atoms with E-state index < -0.39 is 28.3 Å². The molecule has 1 fully saturated rings. The van der Waals surface area contributed by atoms with Gasteiger partial charge in [-0.2, -0.15) is 13.2 Å². The van der Waals surface area contributed by atoms with Gasteiger partial charge in [0, 0.05) is 19.2 Å². The summed E-state index contributed by atoms with van der Waals surface area (Å²) in [5.74, 6) is -0.757.